The van der Waals surface area contributed by atoms with Gasteiger partial charge in [0, 0.05) is 37.7 Å². The Kier molecular flexibility index (Phi) is 8.34. The molecule has 5 rings (SSSR count). The number of hydrogen-bond acceptors (Lipinski definition) is 6. The van der Waals surface area contributed by atoms with Gasteiger partial charge in [-0.1, -0.05) is 35.9 Å². The molecule has 2 aliphatic heterocycles. The predicted octanol–water partition coefficient (Wildman–Crippen LogP) is 3.40. The Morgan fingerprint density at radius 1 is 1.08 bits per heavy atom. The van der Waals surface area contributed by atoms with Crippen LogP contribution in [-0.2, 0) is 14.8 Å². The number of amides is 1. The second kappa shape index (κ2) is 11.4. The van der Waals surface area contributed by atoms with Gasteiger partial charge in [0.2, 0.25) is 10.0 Å². The van der Waals surface area contributed by atoms with Crippen LogP contribution in [0.4, 0.5) is 4.79 Å². The van der Waals surface area contributed by atoms with E-state index in [4.69, 9.17) is 16.3 Å². The van der Waals surface area contributed by atoms with Crippen molar-refractivity contribution in [2.45, 2.75) is 54.7 Å². The normalized spacial score (nSPS) is 24.2. The number of nitrogens with zero attached hydrogens (tertiary/aromatic N) is 3. The van der Waals surface area contributed by atoms with E-state index in [9.17, 15) is 18.3 Å². The van der Waals surface area contributed by atoms with Crippen LogP contribution in [0.3, 0.4) is 0 Å². The highest BCUT2D eigenvalue weighted by molar-refractivity contribution is 7.89. The van der Waals surface area contributed by atoms with Crippen LogP contribution in [-0.4, -0.2) is 84.7 Å². The molecule has 0 spiro atoms. The van der Waals surface area contributed by atoms with E-state index in [1.165, 1.54) is 0 Å². The zero-order valence-electron chi connectivity index (χ0n) is 21.3. The van der Waals surface area contributed by atoms with Crippen LogP contribution in [0.2, 0.25) is 5.02 Å². The van der Waals surface area contributed by atoms with Crippen molar-refractivity contribution >= 4 is 42.3 Å². The van der Waals surface area contributed by atoms with E-state index in [2.05, 4.69) is 14.1 Å². The number of β-amino-alcohol motifs (C(OH)–C–C–N with tert-alkyl or cyclic N) is 1. The van der Waals surface area contributed by atoms with Crippen molar-refractivity contribution in [3.8, 4) is 0 Å². The first kappa shape index (κ1) is 27.8. The quantitative estimate of drug-likeness (QED) is 0.506. The summed E-state index contributed by atoms with van der Waals surface area (Å²) >= 11 is 6.07. The summed E-state index contributed by atoms with van der Waals surface area (Å²) in [7, 11) is -1.24. The van der Waals surface area contributed by atoms with Crippen molar-refractivity contribution in [2.75, 3.05) is 39.3 Å². The molecule has 8 nitrogen and oxygen atoms in total. The second-order valence-electron chi connectivity index (χ2n) is 10.4. The standard InChI is InChI=1S/C27H35ClN3O5PS/c28-21-7-9-23(10-8-21)38(34,35)31-24(20-3-1-4-22(37)19-20)5-2-6-25(31)27(11-12-27)36-26(33)30-15-13-29(14-16-30)17-18-32/h1,3-4,7-10,19,24-25,32H,2,5-6,11-18,37H2. The summed E-state index contributed by atoms with van der Waals surface area (Å²) in [5.41, 5.74) is 0.0950. The molecule has 1 N–H and O–H groups in total. The lowest BCUT2D eigenvalue weighted by Crippen LogP contribution is -2.55. The largest absolute Gasteiger partial charge is 0.441 e. The first-order chi connectivity index (χ1) is 18.2. The second-order valence-corrected chi connectivity index (χ2v) is 13.4. The molecule has 2 saturated heterocycles. The summed E-state index contributed by atoms with van der Waals surface area (Å²) in [4.78, 5) is 17.3. The number of piperazine rings is 1. The van der Waals surface area contributed by atoms with Crippen molar-refractivity contribution in [1.29, 1.82) is 0 Å². The zero-order chi connectivity index (χ0) is 26.9. The third-order valence-electron chi connectivity index (χ3n) is 7.94. The Hall–Kier alpha value is -1.74. The topological polar surface area (TPSA) is 90.4 Å². The Balaban J connectivity index is 1.44. The summed E-state index contributed by atoms with van der Waals surface area (Å²) in [5.74, 6) is 0. The minimum absolute atomic E-state index is 0.0912. The molecular formula is C27H35ClN3O5PS. The zero-order valence-corrected chi connectivity index (χ0v) is 24.1. The molecule has 206 valence electrons. The number of rotatable bonds is 7. The van der Waals surface area contributed by atoms with Crippen molar-refractivity contribution in [3.63, 3.8) is 0 Å². The molecule has 0 radical (unpaired) electrons. The Labute approximate surface area is 232 Å². The molecule has 3 fully saturated rings. The first-order valence-corrected chi connectivity index (χ1v) is 15.6. The van der Waals surface area contributed by atoms with Crippen molar-refractivity contribution in [2.24, 2.45) is 0 Å². The SMILES string of the molecule is O=C(OC1(C2CCCC(c3cccc(P)c3)N2S(=O)(=O)c2ccc(Cl)cc2)CC1)N1CCN(CCO)CC1. The molecule has 3 aliphatic rings. The molecule has 2 heterocycles. The monoisotopic (exact) mass is 579 g/mol. The van der Waals surface area contributed by atoms with Crippen LogP contribution in [0.15, 0.2) is 53.4 Å². The average molecular weight is 580 g/mol. The highest BCUT2D eigenvalue weighted by Crippen LogP contribution is 2.52. The van der Waals surface area contributed by atoms with Gasteiger partial charge in [-0.05, 0) is 67.2 Å². The average Bonchev–Trinajstić information content (AvgIpc) is 3.69. The fraction of sp³-hybridized carbons (Fsp3) is 0.519. The van der Waals surface area contributed by atoms with E-state index in [0.717, 1.165) is 17.3 Å². The molecule has 1 saturated carbocycles. The summed E-state index contributed by atoms with van der Waals surface area (Å²) < 4.78 is 36.3. The lowest BCUT2D eigenvalue weighted by molar-refractivity contribution is -0.0144. The summed E-state index contributed by atoms with van der Waals surface area (Å²) in [6.07, 6.45) is 3.04. The number of carbonyl (C=O) groups excluding carboxylic acids is 1. The Morgan fingerprint density at radius 3 is 2.42 bits per heavy atom. The molecule has 2 aromatic rings. The third kappa shape index (κ3) is 5.74. The number of aliphatic hydroxyl groups is 1. The molecular weight excluding hydrogens is 545 g/mol. The molecule has 38 heavy (non-hydrogen) atoms. The fourth-order valence-electron chi connectivity index (χ4n) is 5.77. The highest BCUT2D eigenvalue weighted by Gasteiger charge is 2.60. The lowest BCUT2D eigenvalue weighted by Gasteiger charge is -2.45. The van der Waals surface area contributed by atoms with Crippen LogP contribution in [0, 0.1) is 0 Å². The van der Waals surface area contributed by atoms with Crippen molar-refractivity contribution in [1.82, 2.24) is 14.1 Å². The molecule has 11 heteroatoms. The maximum Gasteiger partial charge on any atom is 0.410 e. The van der Waals surface area contributed by atoms with E-state index in [1.807, 2.05) is 24.3 Å². The van der Waals surface area contributed by atoms with Crippen LogP contribution >= 0.6 is 20.8 Å². The van der Waals surface area contributed by atoms with E-state index >= 15 is 0 Å². The summed E-state index contributed by atoms with van der Waals surface area (Å²) in [6.45, 7) is 3.08. The van der Waals surface area contributed by atoms with Gasteiger partial charge in [0.15, 0.2) is 0 Å². The van der Waals surface area contributed by atoms with Gasteiger partial charge in [-0.15, -0.1) is 9.24 Å². The number of carbonyl (C=O) groups is 1. The van der Waals surface area contributed by atoms with E-state index in [-0.39, 0.29) is 23.6 Å². The molecule has 1 aliphatic carbocycles. The van der Waals surface area contributed by atoms with Gasteiger partial charge in [-0.25, -0.2) is 13.2 Å². The van der Waals surface area contributed by atoms with E-state index < -0.39 is 21.7 Å². The molecule has 0 bridgehead atoms. The number of benzene rings is 2. The number of ether oxygens (including phenoxy) is 1. The summed E-state index contributed by atoms with van der Waals surface area (Å²) in [6, 6.07) is 13.3. The number of piperidine rings is 1. The van der Waals surface area contributed by atoms with Crippen LogP contribution < -0.4 is 5.30 Å². The number of halogens is 1. The molecule has 3 unspecified atom stereocenters. The Bertz CT molecular complexity index is 1250. The van der Waals surface area contributed by atoms with Crippen molar-refractivity contribution in [3.05, 3.63) is 59.1 Å². The van der Waals surface area contributed by atoms with Crippen LogP contribution in [0.5, 0.6) is 0 Å². The van der Waals surface area contributed by atoms with Crippen LogP contribution in [0.25, 0.3) is 0 Å². The van der Waals surface area contributed by atoms with Gasteiger partial charge in [0.05, 0.1) is 23.6 Å². The Morgan fingerprint density at radius 2 is 1.79 bits per heavy atom. The fourth-order valence-corrected chi connectivity index (χ4v) is 8.12. The molecule has 2 aromatic carbocycles. The van der Waals surface area contributed by atoms with Gasteiger partial charge in [-0.2, -0.15) is 4.31 Å². The van der Waals surface area contributed by atoms with Gasteiger partial charge in [0.25, 0.3) is 0 Å². The lowest BCUT2D eigenvalue weighted by atomic mass is 9.90. The summed E-state index contributed by atoms with van der Waals surface area (Å²) in [5, 5.41) is 10.7. The number of hydrogen-bond donors (Lipinski definition) is 1. The minimum Gasteiger partial charge on any atom is -0.441 e. The maximum absolute atomic E-state index is 14.2. The maximum atomic E-state index is 14.2. The van der Waals surface area contributed by atoms with Gasteiger partial charge < -0.3 is 14.7 Å². The van der Waals surface area contributed by atoms with E-state index in [0.29, 0.717) is 63.4 Å². The third-order valence-corrected chi connectivity index (χ3v) is 10.5. The highest BCUT2D eigenvalue weighted by atomic mass is 35.5. The van der Waals surface area contributed by atoms with Gasteiger partial charge >= 0.3 is 6.09 Å². The van der Waals surface area contributed by atoms with Gasteiger partial charge in [0.1, 0.15) is 5.60 Å². The number of sulfonamides is 1. The predicted molar refractivity (Wildman–Crippen MR) is 150 cm³/mol. The molecule has 3 atom stereocenters. The van der Waals surface area contributed by atoms with Gasteiger partial charge in [-0.3, -0.25) is 4.90 Å². The minimum atomic E-state index is -3.92. The smallest absolute Gasteiger partial charge is 0.410 e. The molecule has 1 amide bonds. The molecule has 0 aromatic heterocycles. The first-order valence-electron chi connectivity index (χ1n) is 13.2. The van der Waals surface area contributed by atoms with Crippen molar-refractivity contribution < 1.29 is 23.1 Å². The van der Waals surface area contributed by atoms with Crippen LogP contribution in [0.1, 0.15) is 43.7 Å². The number of aliphatic hydroxyl groups excluding tert-OH is 1. The van der Waals surface area contributed by atoms with E-state index in [1.54, 1.807) is 33.5 Å².